The van der Waals surface area contributed by atoms with E-state index in [2.05, 4.69) is 5.32 Å². The van der Waals surface area contributed by atoms with Crippen LogP contribution >= 0.6 is 0 Å². The van der Waals surface area contributed by atoms with E-state index in [1.807, 2.05) is 6.92 Å². The Morgan fingerprint density at radius 2 is 2.19 bits per heavy atom. The molecular weight excluding hydrogens is 209 g/mol. The number of anilines is 1. The van der Waals surface area contributed by atoms with Crippen molar-refractivity contribution in [3.05, 3.63) is 30.1 Å². The smallest absolute Gasteiger partial charge is 0.321 e. The Hall–Kier alpha value is -1.62. The maximum Gasteiger partial charge on any atom is 0.321 e. The van der Waals surface area contributed by atoms with E-state index in [-0.39, 0.29) is 11.7 Å². The van der Waals surface area contributed by atoms with E-state index in [0.29, 0.717) is 19.6 Å². The lowest BCUT2D eigenvalue weighted by atomic mass is 10.3. The number of hydrogen-bond acceptors (Lipinski definition) is 2. The second-order valence-corrected chi connectivity index (χ2v) is 3.28. The number of amides is 2. The lowest BCUT2D eigenvalue weighted by molar-refractivity contribution is 0.216. The third kappa shape index (κ3) is 3.20. The first-order chi connectivity index (χ1) is 7.69. The maximum absolute atomic E-state index is 13.2. The summed E-state index contributed by atoms with van der Waals surface area (Å²) in [5, 5.41) is 2.50. The third-order valence-corrected chi connectivity index (χ3v) is 2.18. The van der Waals surface area contributed by atoms with Gasteiger partial charge in [-0.15, -0.1) is 0 Å². The largest absolute Gasteiger partial charge is 0.329 e. The van der Waals surface area contributed by atoms with Crippen LogP contribution < -0.4 is 11.1 Å². The third-order valence-electron chi connectivity index (χ3n) is 2.18. The van der Waals surface area contributed by atoms with E-state index in [1.165, 1.54) is 17.0 Å². The molecule has 16 heavy (non-hydrogen) atoms. The Labute approximate surface area is 94.2 Å². The summed E-state index contributed by atoms with van der Waals surface area (Å²) in [6.45, 7) is 3.23. The Bertz CT molecular complexity index is 357. The first-order valence-electron chi connectivity index (χ1n) is 5.19. The second-order valence-electron chi connectivity index (χ2n) is 3.28. The molecule has 0 fully saturated rings. The molecule has 0 aliphatic carbocycles. The minimum absolute atomic E-state index is 0.183. The Morgan fingerprint density at radius 3 is 2.75 bits per heavy atom. The Balaban J connectivity index is 2.66. The monoisotopic (exact) mass is 225 g/mol. The fourth-order valence-corrected chi connectivity index (χ4v) is 1.32. The highest BCUT2D eigenvalue weighted by molar-refractivity contribution is 5.89. The van der Waals surface area contributed by atoms with Crippen molar-refractivity contribution in [1.82, 2.24) is 4.90 Å². The van der Waals surface area contributed by atoms with Crippen molar-refractivity contribution in [1.29, 1.82) is 0 Å². The van der Waals surface area contributed by atoms with Gasteiger partial charge in [0.2, 0.25) is 0 Å². The normalized spacial score (nSPS) is 9.94. The van der Waals surface area contributed by atoms with Gasteiger partial charge < -0.3 is 16.0 Å². The van der Waals surface area contributed by atoms with Crippen molar-refractivity contribution in [2.75, 3.05) is 25.0 Å². The lowest BCUT2D eigenvalue weighted by Gasteiger charge is -2.20. The first kappa shape index (κ1) is 12.4. The van der Waals surface area contributed by atoms with Gasteiger partial charge in [0.25, 0.3) is 0 Å². The van der Waals surface area contributed by atoms with Crippen molar-refractivity contribution < 1.29 is 9.18 Å². The van der Waals surface area contributed by atoms with Gasteiger partial charge in [-0.2, -0.15) is 0 Å². The minimum Gasteiger partial charge on any atom is -0.329 e. The molecule has 5 heteroatoms. The number of nitrogens with one attached hydrogen (secondary N) is 1. The summed E-state index contributed by atoms with van der Waals surface area (Å²) < 4.78 is 13.2. The molecule has 1 aromatic rings. The molecule has 0 saturated carbocycles. The van der Waals surface area contributed by atoms with E-state index < -0.39 is 5.82 Å². The van der Waals surface area contributed by atoms with Gasteiger partial charge in [-0.1, -0.05) is 12.1 Å². The van der Waals surface area contributed by atoms with Gasteiger partial charge in [-0.05, 0) is 19.1 Å². The van der Waals surface area contributed by atoms with Gasteiger partial charge in [-0.25, -0.2) is 9.18 Å². The fraction of sp³-hybridized carbons (Fsp3) is 0.364. The molecule has 0 spiro atoms. The van der Waals surface area contributed by atoms with Gasteiger partial charge in [0.15, 0.2) is 0 Å². The number of urea groups is 1. The number of likely N-dealkylation sites (N-methyl/N-ethyl adjacent to an activating group) is 1. The highest BCUT2D eigenvalue weighted by Gasteiger charge is 2.12. The van der Waals surface area contributed by atoms with Crippen LogP contribution in [0.25, 0.3) is 0 Å². The van der Waals surface area contributed by atoms with Crippen molar-refractivity contribution >= 4 is 11.7 Å². The number of benzene rings is 1. The lowest BCUT2D eigenvalue weighted by Crippen LogP contribution is -2.38. The SMILES string of the molecule is CCN(CCN)C(=O)Nc1ccccc1F. The number of carbonyl (C=O) groups is 1. The van der Waals surface area contributed by atoms with Crippen LogP contribution in [0.3, 0.4) is 0 Å². The van der Waals surface area contributed by atoms with Crippen molar-refractivity contribution in [2.45, 2.75) is 6.92 Å². The molecule has 0 saturated heterocycles. The van der Waals surface area contributed by atoms with Crippen LogP contribution in [0.15, 0.2) is 24.3 Å². The number of hydrogen-bond donors (Lipinski definition) is 2. The molecule has 4 nitrogen and oxygen atoms in total. The van der Waals surface area contributed by atoms with Crippen LogP contribution in [0.4, 0.5) is 14.9 Å². The van der Waals surface area contributed by atoms with Crippen LogP contribution in [0.2, 0.25) is 0 Å². The van der Waals surface area contributed by atoms with Gasteiger partial charge in [0.05, 0.1) is 5.69 Å². The summed E-state index contributed by atoms with van der Waals surface area (Å²) in [4.78, 5) is 13.2. The quantitative estimate of drug-likeness (QED) is 0.818. The zero-order valence-corrected chi connectivity index (χ0v) is 9.24. The number of nitrogens with two attached hydrogens (primary N) is 1. The molecule has 0 radical (unpaired) electrons. The average molecular weight is 225 g/mol. The maximum atomic E-state index is 13.2. The molecule has 0 heterocycles. The number of halogens is 1. The Kier molecular flexibility index (Phi) is 4.72. The molecule has 88 valence electrons. The predicted octanol–water partition coefficient (Wildman–Crippen LogP) is 1.64. The standard InChI is InChI=1S/C11H16FN3O/c1-2-15(8-7-13)11(16)14-10-6-4-3-5-9(10)12/h3-6H,2,7-8,13H2,1H3,(H,14,16). The summed E-state index contributed by atoms with van der Waals surface area (Å²) in [6.07, 6.45) is 0. The number of para-hydroxylation sites is 1. The van der Waals surface area contributed by atoms with E-state index >= 15 is 0 Å². The van der Waals surface area contributed by atoms with Crippen LogP contribution in [0.5, 0.6) is 0 Å². The van der Waals surface area contributed by atoms with Crippen molar-refractivity contribution in [2.24, 2.45) is 5.73 Å². The molecule has 1 aromatic carbocycles. The van der Waals surface area contributed by atoms with Crippen LogP contribution in [-0.2, 0) is 0 Å². The molecule has 0 bridgehead atoms. The topological polar surface area (TPSA) is 58.4 Å². The number of carbonyl (C=O) groups excluding carboxylic acids is 1. The summed E-state index contributed by atoms with van der Waals surface area (Å²) in [5.74, 6) is -0.445. The number of nitrogens with zero attached hydrogens (tertiary/aromatic N) is 1. The van der Waals surface area contributed by atoms with Gasteiger partial charge in [0, 0.05) is 19.6 Å². The number of rotatable bonds is 4. The fourth-order valence-electron chi connectivity index (χ4n) is 1.32. The molecular formula is C11H16FN3O. The minimum atomic E-state index is -0.445. The van der Waals surface area contributed by atoms with Crippen molar-refractivity contribution in [3.8, 4) is 0 Å². The van der Waals surface area contributed by atoms with E-state index in [0.717, 1.165) is 0 Å². The van der Waals surface area contributed by atoms with Crippen LogP contribution in [0, 0.1) is 5.82 Å². The van der Waals surface area contributed by atoms with E-state index in [9.17, 15) is 9.18 Å². The first-order valence-corrected chi connectivity index (χ1v) is 5.19. The van der Waals surface area contributed by atoms with Crippen LogP contribution in [-0.4, -0.2) is 30.6 Å². The molecule has 3 N–H and O–H groups in total. The van der Waals surface area contributed by atoms with Gasteiger partial charge in [-0.3, -0.25) is 0 Å². The highest BCUT2D eigenvalue weighted by atomic mass is 19.1. The molecule has 0 aromatic heterocycles. The zero-order valence-electron chi connectivity index (χ0n) is 9.24. The van der Waals surface area contributed by atoms with E-state index in [1.54, 1.807) is 12.1 Å². The zero-order chi connectivity index (χ0) is 12.0. The summed E-state index contributed by atoms with van der Waals surface area (Å²) in [7, 11) is 0. The highest BCUT2D eigenvalue weighted by Crippen LogP contribution is 2.12. The average Bonchev–Trinajstić information content (AvgIpc) is 2.29. The van der Waals surface area contributed by atoms with Crippen LogP contribution in [0.1, 0.15) is 6.92 Å². The molecule has 2 amide bonds. The summed E-state index contributed by atoms with van der Waals surface area (Å²) in [5.41, 5.74) is 5.55. The molecule has 0 aliphatic rings. The van der Waals surface area contributed by atoms with Gasteiger partial charge in [0.1, 0.15) is 5.82 Å². The van der Waals surface area contributed by atoms with Crippen molar-refractivity contribution in [3.63, 3.8) is 0 Å². The Morgan fingerprint density at radius 1 is 1.50 bits per heavy atom. The molecule has 1 rings (SSSR count). The predicted molar refractivity (Wildman–Crippen MR) is 61.7 cm³/mol. The molecule has 0 unspecified atom stereocenters. The summed E-state index contributed by atoms with van der Waals surface area (Å²) in [6, 6.07) is 5.72. The molecule has 0 atom stereocenters. The molecule has 0 aliphatic heterocycles. The van der Waals surface area contributed by atoms with Gasteiger partial charge >= 0.3 is 6.03 Å². The summed E-state index contributed by atoms with van der Waals surface area (Å²) >= 11 is 0. The second kappa shape index (κ2) is 6.07. The van der Waals surface area contributed by atoms with E-state index in [4.69, 9.17) is 5.73 Å².